The van der Waals surface area contributed by atoms with Crippen molar-refractivity contribution in [2.24, 2.45) is 0 Å². The van der Waals surface area contributed by atoms with E-state index in [2.05, 4.69) is 39.6 Å². The number of piperidine rings is 1. The molecule has 1 aromatic carbocycles. The van der Waals surface area contributed by atoms with Crippen molar-refractivity contribution in [3.8, 4) is 11.3 Å². The van der Waals surface area contributed by atoms with Gasteiger partial charge in [-0.05, 0) is 30.4 Å². The summed E-state index contributed by atoms with van der Waals surface area (Å²) in [5, 5.41) is 12.0. The van der Waals surface area contributed by atoms with Crippen LogP contribution in [0.4, 0.5) is 5.82 Å². The molecule has 0 unspecified atom stereocenters. The van der Waals surface area contributed by atoms with Crippen molar-refractivity contribution < 1.29 is 9.90 Å². The zero-order valence-electron chi connectivity index (χ0n) is 16.5. The summed E-state index contributed by atoms with van der Waals surface area (Å²) in [5.41, 5.74) is 4.76. The van der Waals surface area contributed by atoms with Crippen LogP contribution < -0.4 is 5.32 Å². The SMILES string of the molecule is CNc1nc(-c2ccc(C3CCN(C(=O)CCO)CC3)cc2)cc2nccnc12. The largest absolute Gasteiger partial charge is 0.396 e. The van der Waals surface area contributed by atoms with E-state index >= 15 is 0 Å². The van der Waals surface area contributed by atoms with Crippen LogP contribution in [-0.2, 0) is 4.79 Å². The second kappa shape index (κ2) is 8.53. The zero-order chi connectivity index (χ0) is 20.2. The summed E-state index contributed by atoms with van der Waals surface area (Å²) in [7, 11) is 1.83. The van der Waals surface area contributed by atoms with Gasteiger partial charge in [0.1, 0.15) is 5.52 Å². The molecule has 3 heterocycles. The van der Waals surface area contributed by atoms with Crippen molar-refractivity contribution >= 4 is 22.8 Å². The minimum absolute atomic E-state index is 0.0483. The van der Waals surface area contributed by atoms with Gasteiger partial charge in [-0.1, -0.05) is 24.3 Å². The summed E-state index contributed by atoms with van der Waals surface area (Å²) in [5.74, 6) is 1.22. The number of aromatic nitrogens is 3. The molecule has 1 amide bonds. The molecule has 150 valence electrons. The lowest BCUT2D eigenvalue weighted by atomic mass is 9.88. The number of fused-ring (bicyclic) bond motifs is 1. The standard InChI is InChI=1S/C22H25N5O2/c1-23-22-21-19(24-9-10-25-21)14-18(26-22)17-4-2-15(3-5-17)16-6-11-27(12-7-16)20(29)8-13-28/h2-5,9-10,14,16,28H,6-8,11-13H2,1H3,(H,23,26). The number of anilines is 1. The van der Waals surface area contributed by atoms with Crippen molar-refractivity contribution in [1.82, 2.24) is 19.9 Å². The minimum Gasteiger partial charge on any atom is -0.396 e. The number of hydrogen-bond donors (Lipinski definition) is 2. The highest BCUT2D eigenvalue weighted by Crippen LogP contribution is 2.31. The predicted molar refractivity (Wildman–Crippen MR) is 113 cm³/mol. The van der Waals surface area contributed by atoms with E-state index in [-0.39, 0.29) is 18.9 Å². The summed E-state index contributed by atoms with van der Waals surface area (Å²) in [6.45, 7) is 1.42. The summed E-state index contributed by atoms with van der Waals surface area (Å²) >= 11 is 0. The van der Waals surface area contributed by atoms with E-state index in [4.69, 9.17) is 10.1 Å². The molecule has 7 heteroatoms. The topological polar surface area (TPSA) is 91.2 Å². The smallest absolute Gasteiger partial charge is 0.224 e. The number of likely N-dealkylation sites (tertiary alicyclic amines) is 1. The fourth-order valence-electron chi connectivity index (χ4n) is 3.94. The number of rotatable bonds is 5. The third kappa shape index (κ3) is 4.05. The zero-order valence-corrected chi connectivity index (χ0v) is 16.5. The van der Waals surface area contributed by atoms with Crippen molar-refractivity contribution in [2.45, 2.75) is 25.2 Å². The molecule has 4 rings (SSSR count). The van der Waals surface area contributed by atoms with Gasteiger partial charge in [0, 0.05) is 44.5 Å². The van der Waals surface area contributed by atoms with Crippen molar-refractivity contribution in [2.75, 3.05) is 32.1 Å². The fourth-order valence-corrected chi connectivity index (χ4v) is 3.94. The van der Waals surface area contributed by atoms with E-state index in [1.54, 1.807) is 12.4 Å². The van der Waals surface area contributed by atoms with Gasteiger partial charge in [0.2, 0.25) is 5.91 Å². The Balaban J connectivity index is 1.50. The third-order valence-electron chi connectivity index (χ3n) is 5.54. The second-order valence-corrected chi connectivity index (χ2v) is 7.28. The molecule has 0 aliphatic carbocycles. The fraction of sp³-hybridized carbons (Fsp3) is 0.364. The molecular formula is C22H25N5O2. The number of pyridine rings is 1. The van der Waals surface area contributed by atoms with Gasteiger partial charge >= 0.3 is 0 Å². The number of hydrogen-bond acceptors (Lipinski definition) is 6. The molecule has 0 atom stereocenters. The molecule has 0 saturated carbocycles. The van der Waals surface area contributed by atoms with Crippen LogP contribution >= 0.6 is 0 Å². The first-order chi connectivity index (χ1) is 14.2. The molecular weight excluding hydrogens is 366 g/mol. The molecule has 0 spiro atoms. The average molecular weight is 391 g/mol. The van der Waals surface area contributed by atoms with Crippen LogP contribution in [0.15, 0.2) is 42.7 Å². The lowest BCUT2D eigenvalue weighted by Crippen LogP contribution is -2.38. The molecule has 1 saturated heterocycles. The number of amides is 1. The Morgan fingerprint density at radius 3 is 2.59 bits per heavy atom. The Labute approximate surface area is 169 Å². The minimum atomic E-state index is -0.0795. The number of aliphatic hydroxyl groups is 1. The Morgan fingerprint density at radius 2 is 1.90 bits per heavy atom. The molecule has 7 nitrogen and oxygen atoms in total. The highest BCUT2D eigenvalue weighted by Gasteiger charge is 2.23. The normalized spacial score (nSPS) is 14.9. The average Bonchev–Trinajstić information content (AvgIpc) is 2.78. The van der Waals surface area contributed by atoms with Gasteiger partial charge in [-0.15, -0.1) is 0 Å². The van der Waals surface area contributed by atoms with E-state index < -0.39 is 0 Å². The van der Waals surface area contributed by atoms with Gasteiger partial charge in [-0.3, -0.25) is 9.78 Å². The molecule has 1 aliphatic heterocycles. The lowest BCUT2D eigenvalue weighted by molar-refractivity contribution is -0.132. The van der Waals surface area contributed by atoms with E-state index in [1.807, 2.05) is 18.0 Å². The van der Waals surface area contributed by atoms with Crippen molar-refractivity contribution in [3.63, 3.8) is 0 Å². The van der Waals surface area contributed by atoms with E-state index in [9.17, 15) is 4.79 Å². The van der Waals surface area contributed by atoms with Crippen molar-refractivity contribution in [3.05, 3.63) is 48.3 Å². The number of carbonyl (C=O) groups excluding carboxylic acids is 1. The second-order valence-electron chi connectivity index (χ2n) is 7.28. The molecule has 1 fully saturated rings. The van der Waals surface area contributed by atoms with Gasteiger partial charge in [-0.2, -0.15) is 0 Å². The number of aliphatic hydroxyl groups excluding tert-OH is 1. The number of benzene rings is 1. The summed E-state index contributed by atoms with van der Waals surface area (Å²) in [6.07, 6.45) is 5.47. The van der Waals surface area contributed by atoms with Crippen LogP contribution in [0.25, 0.3) is 22.3 Å². The van der Waals surface area contributed by atoms with Gasteiger partial charge in [0.25, 0.3) is 0 Å². The van der Waals surface area contributed by atoms with E-state index in [1.165, 1.54) is 5.56 Å². The highest BCUT2D eigenvalue weighted by molar-refractivity contribution is 5.88. The first-order valence-corrected chi connectivity index (χ1v) is 9.98. The molecule has 2 N–H and O–H groups in total. The van der Waals surface area contributed by atoms with Crippen LogP contribution in [0.5, 0.6) is 0 Å². The van der Waals surface area contributed by atoms with Crippen molar-refractivity contribution in [1.29, 1.82) is 0 Å². The van der Waals surface area contributed by atoms with Gasteiger partial charge in [0.05, 0.1) is 17.8 Å². The Hall–Kier alpha value is -3.06. The Bertz CT molecular complexity index is 998. The van der Waals surface area contributed by atoms with E-state index in [0.29, 0.717) is 5.92 Å². The number of nitrogens with one attached hydrogen (secondary N) is 1. The van der Waals surface area contributed by atoms with Crippen LogP contribution in [0, 0.1) is 0 Å². The Morgan fingerprint density at radius 1 is 1.17 bits per heavy atom. The maximum absolute atomic E-state index is 11.9. The Kier molecular flexibility index (Phi) is 5.67. The summed E-state index contributed by atoms with van der Waals surface area (Å²) in [6, 6.07) is 10.5. The van der Waals surface area contributed by atoms with Crippen LogP contribution in [0.3, 0.4) is 0 Å². The van der Waals surface area contributed by atoms with Gasteiger partial charge < -0.3 is 15.3 Å². The van der Waals surface area contributed by atoms with Crippen LogP contribution in [0.2, 0.25) is 0 Å². The first kappa shape index (κ1) is 19.3. The molecule has 29 heavy (non-hydrogen) atoms. The lowest BCUT2D eigenvalue weighted by Gasteiger charge is -2.32. The highest BCUT2D eigenvalue weighted by atomic mass is 16.3. The maximum Gasteiger partial charge on any atom is 0.224 e. The summed E-state index contributed by atoms with van der Waals surface area (Å²) < 4.78 is 0. The number of nitrogens with zero attached hydrogens (tertiary/aromatic N) is 4. The number of carbonyl (C=O) groups is 1. The van der Waals surface area contributed by atoms with E-state index in [0.717, 1.165) is 54.0 Å². The molecule has 0 bridgehead atoms. The quantitative estimate of drug-likeness (QED) is 0.695. The maximum atomic E-state index is 11.9. The summed E-state index contributed by atoms with van der Waals surface area (Å²) in [4.78, 5) is 27.3. The molecule has 1 aliphatic rings. The molecule has 3 aromatic rings. The van der Waals surface area contributed by atoms with Gasteiger partial charge in [-0.25, -0.2) is 9.97 Å². The molecule has 0 radical (unpaired) electrons. The first-order valence-electron chi connectivity index (χ1n) is 9.98. The van der Waals surface area contributed by atoms with Crippen LogP contribution in [-0.4, -0.2) is 57.6 Å². The third-order valence-corrected chi connectivity index (χ3v) is 5.54. The van der Waals surface area contributed by atoms with Gasteiger partial charge in [0.15, 0.2) is 5.82 Å². The monoisotopic (exact) mass is 391 g/mol. The van der Waals surface area contributed by atoms with Crippen LogP contribution in [0.1, 0.15) is 30.7 Å². The molecule has 2 aromatic heterocycles. The predicted octanol–water partition coefficient (Wildman–Crippen LogP) is 2.82.